The second-order valence-corrected chi connectivity index (χ2v) is 4.41. The van der Waals surface area contributed by atoms with Crippen LogP contribution < -0.4 is 10.6 Å². The normalized spacial score (nSPS) is 14.7. The molecule has 0 aromatic heterocycles. The highest BCUT2D eigenvalue weighted by Crippen LogP contribution is 2.28. The standard InChI is InChI=1S/C13H16N2O4/c1-7-8(11(14-2)5-15-13(17)18)3-4-9-10(7)6-19-12(9)16/h3-4,11,14-15H,5-6H2,1-2H3,(H,17,18)/t11-/m0/s1. The highest BCUT2D eigenvalue weighted by Gasteiger charge is 2.25. The van der Waals surface area contributed by atoms with E-state index in [1.807, 2.05) is 13.0 Å². The summed E-state index contributed by atoms with van der Waals surface area (Å²) >= 11 is 0. The molecule has 102 valence electrons. The summed E-state index contributed by atoms with van der Waals surface area (Å²) in [4.78, 5) is 22.0. The lowest BCUT2D eigenvalue weighted by Crippen LogP contribution is -2.33. The number of nitrogens with one attached hydrogen (secondary N) is 2. The van der Waals surface area contributed by atoms with E-state index in [0.717, 1.165) is 16.7 Å². The first-order chi connectivity index (χ1) is 9.04. The number of fused-ring (bicyclic) bond motifs is 1. The summed E-state index contributed by atoms with van der Waals surface area (Å²) in [6.45, 7) is 2.47. The van der Waals surface area contributed by atoms with Crippen molar-refractivity contribution in [3.05, 3.63) is 34.4 Å². The van der Waals surface area contributed by atoms with E-state index in [9.17, 15) is 9.59 Å². The Balaban J connectivity index is 2.29. The van der Waals surface area contributed by atoms with E-state index < -0.39 is 6.09 Å². The predicted octanol–water partition coefficient (Wildman–Crippen LogP) is 1.19. The molecule has 1 amide bonds. The summed E-state index contributed by atoms with van der Waals surface area (Å²) in [5.41, 5.74) is 3.42. The number of benzene rings is 1. The number of esters is 1. The van der Waals surface area contributed by atoms with Gasteiger partial charge in [0.25, 0.3) is 0 Å². The molecule has 0 saturated carbocycles. The van der Waals surface area contributed by atoms with Gasteiger partial charge in [0.1, 0.15) is 6.61 Å². The van der Waals surface area contributed by atoms with Crippen molar-refractivity contribution in [3.8, 4) is 0 Å². The molecule has 0 bridgehead atoms. The average Bonchev–Trinajstić information content (AvgIpc) is 2.75. The molecule has 3 N–H and O–H groups in total. The smallest absolute Gasteiger partial charge is 0.404 e. The van der Waals surface area contributed by atoms with Crippen molar-refractivity contribution in [3.63, 3.8) is 0 Å². The molecule has 2 rings (SSSR count). The van der Waals surface area contributed by atoms with Crippen molar-refractivity contribution in [2.24, 2.45) is 0 Å². The number of cyclic esters (lactones) is 1. The predicted molar refractivity (Wildman–Crippen MR) is 68.1 cm³/mol. The molecule has 0 radical (unpaired) electrons. The number of carbonyl (C=O) groups is 2. The van der Waals surface area contributed by atoms with E-state index >= 15 is 0 Å². The Labute approximate surface area is 110 Å². The van der Waals surface area contributed by atoms with E-state index in [4.69, 9.17) is 9.84 Å². The molecular formula is C13H16N2O4. The molecule has 6 heteroatoms. The van der Waals surface area contributed by atoms with Gasteiger partial charge < -0.3 is 20.5 Å². The third-order valence-electron chi connectivity index (χ3n) is 3.39. The minimum absolute atomic E-state index is 0.142. The highest BCUT2D eigenvalue weighted by molar-refractivity contribution is 5.93. The van der Waals surface area contributed by atoms with Gasteiger partial charge in [-0.05, 0) is 31.2 Å². The first-order valence-electron chi connectivity index (χ1n) is 5.98. The maximum atomic E-state index is 11.5. The second-order valence-electron chi connectivity index (χ2n) is 4.41. The zero-order valence-corrected chi connectivity index (χ0v) is 10.8. The number of carboxylic acid groups (broad SMARTS) is 1. The Hall–Kier alpha value is -2.08. The fourth-order valence-electron chi connectivity index (χ4n) is 2.30. The van der Waals surface area contributed by atoms with Crippen LogP contribution in [0.4, 0.5) is 4.79 Å². The summed E-state index contributed by atoms with van der Waals surface area (Å²) in [5, 5.41) is 14.1. The summed E-state index contributed by atoms with van der Waals surface area (Å²) < 4.78 is 5.00. The Bertz CT molecular complexity index is 528. The quantitative estimate of drug-likeness (QED) is 0.711. The van der Waals surface area contributed by atoms with Crippen molar-refractivity contribution in [1.29, 1.82) is 0 Å². The Morgan fingerprint density at radius 2 is 2.26 bits per heavy atom. The van der Waals surface area contributed by atoms with Gasteiger partial charge in [-0.15, -0.1) is 0 Å². The monoisotopic (exact) mass is 264 g/mol. The van der Waals surface area contributed by atoms with E-state index in [0.29, 0.717) is 5.56 Å². The lowest BCUT2D eigenvalue weighted by molar-refractivity contribution is 0.0535. The second kappa shape index (κ2) is 5.27. The van der Waals surface area contributed by atoms with Crippen molar-refractivity contribution in [2.45, 2.75) is 19.6 Å². The molecule has 1 aliphatic heterocycles. The maximum Gasteiger partial charge on any atom is 0.404 e. The molecule has 0 spiro atoms. The van der Waals surface area contributed by atoms with Crippen LogP contribution in [-0.4, -0.2) is 30.8 Å². The number of rotatable bonds is 4. The zero-order chi connectivity index (χ0) is 14.0. The maximum absolute atomic E-state index is 11.5. The molecule has 1 heterocycles. The lowest BCUT2D eigenvalue weighted by atomic mass is 9.94. The molecule has 0 fully saturated rings. The van der Waals surface area contributed by atoms with Crippen LogP contribution in [0.5, 0.6) is 0 Å². The van der Waals surface area contributed by atoms with Crippen LogP contribution in [0.1, 0.15) is 33.1 Å². The first kappa shape index (κ1) is 13.4. The van der Waals surface area contributed by atoms with E-state index in [1.165, 1.54) is 0 Å². The van der Waals surface area contributed by atoms with Crippen molar-refractivity contribution in [2.75, 3.05) is 13.6 Å². The van der Waals surface area contributed by atoms with Gasteiger partial charge in [0.15, 0.2) is 0 Å². The van der Waals surface area contributed by atoms with E-state index in [-0.39, 0.29) is 25.2 Å². The molecule has 19 heavy (non-hydrogen) atoms. The van der Waals surface area contributed by atoms with Crippen molar-refractivity contribution in [1.82, 2.24) is 10.6 Å². The van der Waals surface area contributed by atoms with Crippen molar-refractivity contribution < 1.29 is 19.4 Å². The Kier molecular flexibility index (Phi) is 3.71. The molecule has 1 aliphatic rings. The lowest BCUT2D eigenvalue weighted by Gasteiger charge is -2.19. The van der Waals surface area contributed by atoms with Crippen LogP contribution in [0.15, 0.2) is 12.1 Å². The van der Waals surface area contributed by atoms with Crippen LogP contribution in [0.3, 0.4) is 0 Å². The number of amides is 1. The number of carbonyl (C=O) groups excluding carboxylic acids is 1. The Morgan fingerprint density at radius 1 is 1.53 bits per heavy atom. The third-order valence-corrected chi connectivity index (χ3v) is 3.39. The van der Waals surface area contributed by atoms with Crippen LogP contribution in [-0.2, 0) is 11.3 Å². The van der Waals surface area contributed by atoms with Crippen LogP contribution >= 0.6 is 0 Å². The van der Waals surface area contributed by atoms with Gasteiger partial charge in [-0.2, -0.15) is 0 Å². The van der Waals surface area contributed by atoms with E-state index in [2.05, 4.69) is 10.6 Å². The Morgan fingerprint density at radius 3 is 2.89 bits per heavy atom. The highest BCUT2D eigenvalue weighted by atomic mass is 16.5. The van der Waals surface area contributed by atoms with E-state index in [1.54, 1.807) is 13.1 Å². The first-order valence-corrected chi connectivity index (χ1v) is 5.98. The van der Waals surface area contributed by atoms with Gasteiger partial charge in [-0.25, -0.2) is 9.59 Å². The molecule has 1 atom stereocenters. The van der Waals surface area contributed by atoms with Gasteiger partial charge in [0.2, 0.25) is 0 Å². The molecule has 0 unspecified atom stereocenters. The number of hydrogen-bond donors (Lipinski definition) is 3. The van der Waals surface area contributed by atoms with Gasteiger partial charge in [-0.1, -0.05) is 6.07 Å². The summed E-state index contributed by atoms with van der Waals surface area (Å²) in [6, 6.07) is 3.43. The fraction of sp³-hybridized carbons (Fsp3) is 0.385. The minimum atomic E-state index is -1.06. The van der Waals surface area contributed by atoms with Crippen LogP contribution in [0.2, 0.25) is 0 Å². The van der Waals surface area contributed by atoms with Crippen LogP contribution in [0, 0.1) is 6.92 Å². The van der Waals surface area contributed by atoms with Crippen LogP contribution in [0.25, 0.3) is 0 Å². The van der Waals surface area contributed by atoms with Gasteiger partial charge in [0, 0.05) is 18.2 Å². The summed E-state index contributed by atoms with van der Waals surface area (Å²) in [6.07, 6.45) is -1.06. The largest absolute Gasteiger partial charge is 0.465 e. The molecule has 0 aliphatic carbocycles. The molecule has 1 aromatic rings. The fourth-order valence-corrected chi connectivity index (χ4v) is 2.30. The third kappa shape index (κ3) is 2.53. The average molecular weight is 264 g/mol. The number of likely N-dealkylation sites (N-methyl/N-ethyl adjacent to an activating group) is 1. The SMILES string of the molecule is CN[C@@H](CNC(=O)O)c1ccc2c(c1C)COC2=O. The molecule has 0 saturated heterocycles. The number of ether oxygens (including phenoxy) is 1. The molecule has 6 nitrogen and oxygen atoms in total. The molecular weight excluding hydrogens is 248 g/mol. The zero-order valence-electron chi connectivity index (χ0n) is 10.8. The molecule has 1 aromatic carbocycles. The topological polar surface area (TPSA) is 87.7 Å². The minimum Gasteiger partial charge on any atom is -0.465 e. The summed E-state index contributed by atoms with van der Waals surface area (Å²) in [7, 11) is 1.77. The van der Waals surface area contributed by atoms with Crippen molar-refractivity contribution >= 4 is 12.1 Å². The summed E-state index contributed by atoms with van der Waals surface area (Å²) in [5.74, 6) is -0.297. The van der Waals surface area contributed by atoms with Gasteiger partial charge in [-0.3, -0.25) is 0 Å². The number of hydrogen-bond acceptors (Lipinski definition) is 4. The van der Waals surface area contributed by atoms with Gasteiger partial charge in [0.05, 0.1) is 5.56 Å². The van der Waals surface area contributed by atoms with Gasteiger partial charge >= 0.3 is 12.1 Å².